The van der Waals surface area contributed by atoms with Crippen molar-refractivity contribution in [1.29, 1.82) is 0 Å². The van der Waals surface area contributed by atoms with E-state index in [2.05, 4.69) is 59.6 Å². The molecule has 0 saturated carbocycles. The molecule has 1 amide bonds. The van der Waals surface area contributed by atoms with E-state index in [0.717, 1.165) is 62.3 Å². The van der Waals surface area contributed by atoms with Gasteiger partial charge in [0, 0.05) is 13.1 Å². The summed E-state index contributed by atoms with van der Waals surface area (Å²) in [4.78, 5) is 20.3. The number of thiazole rings is 1. The largest absolute Gasteiger partial charge is 0.349 e. The molecule has 0 radical (unpaired) electrons. The minimum absolute atomic E-state index is 0.0334. The minimum atomic E-state index is 0.0334. The van der Waals surface area contributed by atoms with Gasteiger partial charge >= 0.3 is 0 Å². The van der Waals surface area contributed by atoms with Crippen molar-refractivity contribution in [2.24, 2.45) is 5.92 Å². The first-order valence-electron chi connectivity index (χ1n) is 11.2. The molecule has 1 aliphatic carbocycles. The molecule has 0 unspecified atom stereocenters. The fourth-order valence-corrected chi connectivity index (χ4v) is 5.93. The van der Waals surface area contributed by atoms with Gasteiger partial charge in [-0.3, -0.25) is 4.79 Å². The van der Waals surface area contributed by atoms with Gasteiger partial charge in [-0.25, -0.2) is 4.98 Å². The molecular weight excluding hydrogens is 390 g/mol. The second-order valence-corrected chi connectivity index (χ2v) is 9.60. The predicted octanol–water partition coefficient (Wildman–Crippen LogP) is 5.27. The number of amides is 1. The Hall–Kier alpha value is -2.40. The quantitative estimate of drug-likeness (QED) is 0.627. The number of piperidine rings is 1. The Kier molecular flexibility index (Phi) is 5.47. The summed E-state index contributed by atoms with van der Waals surface area (Å²) in [6.07, 6.45) is 6.34. The van der Waals surface area contributed by atoms with Gasteiger partial charge in [0.2, 0.25) is 5.91 Å². The van der Waals surface area contributed by atoms with Gasteiger partial charge in [-0.1, -0.05) is 48.6 Å². The second-order valence-electron chi connectivity index (χ2n) is 8.59. The first kappa shape index (κ1) is 19.6. The lowest BCUT2D eigenvalue weighted by molar-refractivity contribution is -0.126. The van der Waals surface area contributed by atoms with Crippen LogP contribution in [0.4, 0.5) is 5.13 Å². The highest BCUT2D eigenvalue weighted by Gasteiger charge is 2.30. The van der Waals surface area contributed by atoms with Gasteiger partial charge in [0.15, 0.2) is 5.13 Å². The minimum Gasteiger partial charge on any atom is -0.349 e. The van der Waals surface area contributed by atoms with E-state index in [1.165, 1.54) is 21.4 Å². The van der Waals surface area contributed by atoms with Crippen molar-refractivity contribution in [2.45, 2.75) is 51.5 Å². The molecule has 2 aromatic carbocycles. The first-order valence-corrected chi connectivity index (χ1v) is 12.1. The lowest BCUT2D eigenvalue weighted by Gasteiger charge is -2.33. The van der Waals surface area contributed by atoms with E-state index in [1.54, 1.807) is 11.3 Å². The third-order valence-electron chi connectivity index (χ3n) is 6.60. The first-order chi connectivity index (χ1) is 14.7. The lowest BCUT2D eigenvalue weighted by Crippen LogP contribution is -2.44. The molecule has 156 valence electrons. The summed E-state index contributed by atoms with van der Waals surface area (Å²) in [5.41, 5.74) is 5.11. The number of aryl methyl sites for hydroxylation is 2. The van der Waals surface area contributed by atoms with Crippen molar-refractivity contribution in [3.05, 3.63) is 59.2 Å². The Labute approximate surface area is 182 Å². The Morgan fingerprint density at radius 3 is 3.00 bits per heavy atom. The maximum absolute atomic E-state index is 13.2. The Morgan fingerprint density at radius 1 is 1.20 bits per heavy atom. The maximum Gasteiger partial charge on any atom is 0.225 e. The van der Waals surface area contributed by atoms with Crippen LogP contribution in [0.5, 0.6) is 0 Å². The summed E-state index contributed by atoms with van der Waals surface area (Å²) in [6.45, 7) is 3.93. The van der Waals surface area contributed by atoms with Crippen molar-refractivity contribution in [1.82, 2.24) is 10.3 Å². The van der Waals surface area contributed by atoms with Crippen molar-refractivity contribution in [3.63, 3.8) is 0 Å². The number of fused-ring (bicyclic) bond motifs is 2. The molecule has 1 aliphatic heterocycles. The molecule has 2 atom stereocenters. The molecule has 5 heteroatoms. The molecule has 1 fully saturated rings. The number of benzene rings is 2. The van der Waals surface area contributed by atoms with Crippen molar-refractivity contribution < 1.29 is 4.79 Å². The van der Waals surface area contributed by atoms with Crippen LogP contribution in [0.15, 0.2) is 42.5 Å². The Morgan fingerprint density at radius 2 is 2.10 bits per heavy atom. The number of carbonyl (C=O) groups excluding carboxylic acids is 1. The third kappa shape index (κ3) is 3.83. The van der Waals surface area contributed by atoms with E-state index in [9.17, 15) is 4.79 Å². The zero-order chi connectivity index (χ0) is 20.5. The molecule has 2 heterocycles. The second kappa shape index (κ2) is 8.38. The van der Waals surface area contributed by atoms with Crippen molar-refractivity contribution in [2.75, 3.05) is 18.0 Å². The van der Waals surface area contributed by atoms with Crippen LogP contribution in [-0.4, -0.2) is 24.0 Å². The molecule has 1 saturated heterocycles. The predicted molar refractivity (Wildman–Crippen MR) is 124 cm³/mol. The Balaban J connectivity index is 1.29. The maximum atomic E-state index is 13.2. The number of carbonyl (C=O) groups is 1. The zero-order valence-electron chi connectivity index (χ0n) is 17.6. The van der Waals surface area contributed by atoms with Crippen molar-refractivity contribution in [3.8, 4) is 0 Å². The van der Waals surface area contributed by atoms with Gasteiger partial charge in [0.1, 0.15) is 0 Å². The summed E-state index contributed by atoms with van der Waals surface area (Å²) in [5.74, 6) is 0.238. The van der Waals surface area contributed by atoms with E-state index in [1.807, 2.05) is 0 Å². The number of hydrogen-bond donors (Lipinski definition) is 1. The highest BCUT2D eigenvalue weighted by atomic mass is 32.1. The van der Waals surface area contributed by atoms with Crippen LogP contribution < -0.4 is 10.2 Å². The van der Waals surface area contributed by atoms with Crippen LogP contribution in [0.1, 0.15) is 55.3 Å². The van der Waals surface area contributed by atoms with Gasteiger partial charge in [0.25, 0.3) is 0 Å². The van der Waals surface area contributed by atoms with Crippen LogP contribution in [-0.2, 0) is 17.6 Å². The number of aromatic nitrogens is 1. The third-order valence-corrected chi connectivity index (χ3v) is 7.68. The van der Waals surface area contributed by atoms with E-state index >= 15 is 0 Å². The van der Waals surface area contributed by atoms with Gasteiger partial charge in [-0.05, 0) is 67.3 Å². The molecule has 3 aromatic rings. The number of hydrogen-bond acceptors (Lipinski definition) is 4. The molecule has 30 heavy (non-hydrogen) atoms. The van der Waals surface area contributed by atoms with Gasteiger partial charge < -0.3 is 10.2 Å². The van der Waals surface area contributed by atoms with Gasteiger partial charge in [-0.15, -0.1) is 0 Å². The number of rotatable bonds is 4. The molecule has 1 N–H and O–H groups in total. The van der Waals surface area contributed by atoms with E-state index in [0.29, 0.717) is 0 Å². The topological polar surface area (TPSA) is 45.2 Å². The fraction of sp³-hybridized carbons (Fsp3) is 0.440. The number of anilines is 1. The molecule has 4 nitrogen and oxygen atoms in total. The van der Waals surface area contributed by atoms with Crippen LogP contribution in [0.2, 0.25) is 0 Å². The molecule has 0 bridgehead atoms. The Bertz CT molecular complexity index is 1060. The van der Waals surface area contributed by atoms with Crippen LogP contribution in [0, 0.1) is 5.92 Å². The summed E-state index contributed by atoms with van der Waals surface area (Å²) in [6, 6.07) is 15.3. The highest BCUT2D eigenvalue weighted by molar-refractivity contribution is 7.22. The van der Waals surface area contributed by atoms with Crippen molar-refractivity contribution >= 4 is 32.6 Å². The number of nitrogens with zero attached hydrogens (tertiary/aromatic N) is 2. The molecule has 5 rings (SSSR count). The summed E-state index contributed by atoms with van der Waals surface area (Å²) < 4.78 is 1.25. The number of nitrogens with one attached hydrogen (secondary N) is 1. The SMILES string of the molecule is CCc1ccc2nc(N3CCC[C@@H](C(=O)N[C@H]4CCCc5ccccc54)C3)sc2c1. The monoisotopic (exact) mass is 419 g/mol. The average molecular weight is 420 g/mol. The highest BCUT2D eigenvalue weighted by Crippen LogP contribution is 2.33. The van der Waals surface area contributed by atoms with Gasteiger partial charge in [-0.2, -0.15) is 0 Å². The molecule has 2 aliphatic rings. The smallest absolute Gasteiger partial charge is 0.225 e. The standard InChI is InChI=1S/C25H29N3OS/c1-2-17-12-13-22-23(15-17)30-25(27-22)28-14-6-9-19(16-28)24(29)26-21-11-5-8-18-7-3-4-10-20(18)21/h3-4,7,10,12-13,15,19,21H,2,5-6,8-9,11,14,16H2,1H3,(H,26,29)/t19-,21+/m1/s1. The fourth-order valence-electron chi connectivity index (χ4n) is 4.87. The summed E-state index contributed by atoms with van der Waals surface area (Å²) >= 11 is 1.76. The summed E-state index contributed by atoms with van der Waals surface area (Å²) in [5, 5.41) is 4.43. The molecular formula is C25H29N3OS. The normalized spacial score (nSPS) is 21.4. The average Bonchev–Trinajstić information content (AvgIpc) is 3.23. The van der Waals surface area contributed by atoms with Crippen LogP contribution >= 0.6 is 11.3 Å². The van der Waals surface area contributed by atoms with Gasteiger partial charge in [0.05, 0.1) is 22.2 Å². The van der Waals surface area contributed by atoms with E-state index in [-0.39, 0.29) is 17.9 Å². The molecule has 0 spiro atoms. The van der Waals surface area contributed by atoms with Crippen LogP contribution in [0.3, 0.4) is 0 Å². The van der Waals surface area contributed by atoms with Crippen LogP contribution in [0.25, 0.3) is 10.2 Å². The lowest BCUT2D eigenvalue weighted by atomic mass is 9.87. The van der Waals surface area contributed by atoms with E-state index in [4.69, 9.17) is 4.98 Å². The molecule has 1 aromatic heterocycles. The zero-order valence-corrected chi connectivity index (χ0v) is 18.4. The summed E-state index contributed by atoms with van der Waals surface area (Å²) in [7, 11) is 0. The van der Waals surface area contributed by atoms with E-state index < -0.39 is 0 Å².